The van der Waals surface area contributed by atoms with Crippen LogP contribution in [0, 0.1) is 0 Å². The van der Waals surface area contributed by atoms with Gasteiger partial charge in [-0.25, -0.2) is 0 Å². The van der Waals surface area contributed by atoms with Gasteiger partial charge in [-0.05, 0) is 32.2 Å². The zero-order valence-corrected chi connectivity index (χ0v) is 8.53. The molecule has 0 spiro atoms. The van der Waals surface area contributed by atoms with E-state index in [4.69, 9.17) is 5.73 Å². The summed E-state index contributed by atoms with van der Waals surface area (Å²) in [6.45, 7) is 0.519. The Morgan fingerprint density at radius 2 is 2.50 bits per heavy atom. The maximum Gasteiger partial charge on any atom is 0.0941 e. The minimum absolute atomic E-state index is 0.519. The summed E-state index contributed by atoms with van der Waals surface area (Å²) in [5, 5.41) is 14.6. The number of fused-ring (bicyclic) bond motifs is 1. The van der Waals surface area contributed by atoms with Crippen molar-refractivity contribution in [2.75, 3.05) is 6.54 Å². The molecular formula is C10H17N3O. The predicted molar refractivity (Wildman–Crippen MR) is 53.7 cm³/mol. The first-order valence-corrected chi connectivity index (χ1v) is 5.11. The number of rotatable bonds is 2. The van der Waals surface area contributed by atoms with Gasteiger partial charge in [-0.2, -0.15) is 5.10 Å². The van der Waals surface area contributed by atoms with Crippen molar-refractivity contribution >= 4 is 0 Å². The van der Waals surface area contributed by atoms with Crippen LogP contribution < -0.4 is 5.73 Å². The highest BCUT2D eigenvalue weighted by Crippen LogP contribution is 2.36. The monoisotopic (exact) mass is 195 g/mol. The van der Waals surface area contributed by atoms with Gasteiger partial charge in [-0.15, -0.1) is 0 Å². The molecule has 1 heterocycles. The van der Waals surface area contributed by atoms with E-state index in [0.29, 0.717) is 13.0 Å². The van der Waals surface area contributed by atoms with Crippen molar-refractivity contribution in [2.24, 2.45) is 12.8 Å². The third-order valence-electron chi connectivity index (χ3n) is 3.12. The quantitative estimate of drug-likeness (QED) is 0.713. The molecule has 1 aliphatic carbocycles. The molecule has 0 aliphatic heterocycles. The zero-order chi connectivity index (χ0) is 10.2. The van der Waals surface area contributed by atoms with E-state index in [1.165, 1.54) is 0 Å². The molecule has 0 bridgehead atoms. The Morgan fingerprint density at radius 3 is 3.21 bits per heavy atom. The Labute approximate surface area is 83.7 Å². The summed E-state index contributed by atoms with van der Waals surface area (Å²) in [4.78, 5) is 0. The number of nitrogens with zero attached hydrogens (tertiary/aromatic N) is 2. The Bertz CT molecular complexity index is 334. The summed E-state index contributed by atoms with van der Waals surface area (Å²) in [7, 11) is 1.92. The molecule has 0 aromatic carbocycles. The summed E-state index contributed by atoms with van der Waals surface area (Å²) in [5.74, 6) is 0. The van der Waals surface area contributed by atoms with Gasteiger partial charge in [0.1, 0.15) is 0 Å². The fraction of sp³-hybridized carbons (Fsp3) is 0.700. The fourth-order valence-electron chi connectivity index (χ4n) is 2.33. The molecule has 14 heavy (non-hydrogen) atoms. The van der Waals surface area contributed by atoms with E-state index in [0.717, 1.165) is 30.5 Å². The van der Waals surface area contributed by atoms with Crippen LogP contribution in [0.4, 0.5) is 0 Å². The van der Waals surface area contributed by atoms with E-state index >= 15 is 0 Å². The van der Waals surface area contributed by atoms with E-state index in [2.05, 4.69) is 5.10 Å². The first kappa shape index (κ1) is 9.68. The summed E-state index contributed by atoms with van der Waals surface area (Å²) < 4.78 is 1.86. The maximum absolute atomic E-state index is 10.4. The third-order valence-corrected chi connectivity index (χ3v) is 3.12. The van der Waals surface area contributed by atoms with Gasteiger partial charge < -0.3 is 10.8 Å². The van der Waals surface area contributed by atoms with Crippen LogP contribution in [0.3, 0.4) is 0 Å². The van der Waals surface area contributed by atoms with E-state index in [9.17, 15) is 5.11 Å². The van der Waals surface area contributed by atoms with Crippen LogP contribution in [0.1, 0.15) is 30.5 Å². The van der Waals surface area contributed by atoms with Gasteiger partial charge in [-0.1, -0.05) is 0 Å². The minimum atomic E-state index is -0.726. The second kappa shape index (κ2) is 3.37. The SMILES string of the molecule is Cn1ncc2c1CCCC2(O)CCN. The van der Waals surface area contributed by atoms with E-state index < -0.39 is 5.60 Å². The van der Waals surface area contributed by atoms with Gasteiger partial charge in [0.2, 0.25) is 0 Å². The number of aryl methyl sites for hydroxylation is 1. The van der Waals surface area contributed by atoms with Crippen molar-refractivity contribution in [3.63, 3.8) is 0 Å². The normalized spacial score (nSPS) is 26.2. The Hall–Kier alpha value is -0.870. The molecule has 1 aliphatic rings. The van der Waals surface area contributed by atoms with Crippen LogP contribution in [0.15, 0.2) is 6.20 Å². The number of aromatic nitrogens is 2. The van der Waals surface area contributed by atoms with Crippen molar-refractivity contribution < 1.29 is 5.11 Å². The number of hydrogen-bond donors (Lipinski definition) is 2. The maximum atomic E-state index is 10.4. The van der Waals surface area contributed by atoms with Crippen molar-refractivity contribution in [2.45, 2.75) is 31.3 Å². The van der Waals surface area contributed by atoms with E-state index in [1.54, 1.807) is 6.20 Å². The molecule has 0 radical (unpaired) electrons. The highest BCUT2D eigenvalue weighted by atomic mass is 16.3. The molecule has 0 saturated carbocycles. The lowest BCUT2D eigenvalue weighted by molar-refractivity contribution is 0.0121. The van der Waals surface area contributed by atoms with Crippen LogP contribution in [0.25, 0.3) is 0 Å². The topological polar surface area (TPSA) is 64.1 Å². The van der Waals surface area contributed by atoms with Crippen molar-refractivity contribution in [3.05, 3.63) is 17.5 Å². The standard InChI is InChI=1S/C10H17N3O/c1-13-9-3-2-4-10(14,5-6-11)8(9)7-12-13/h7,14H,2-6,11H2,1H3. The minimum Gasteiger partial charge on any atom is -0.385 e. The molecule has 0 amide bonds. The largest absolute Gasteiger partial charge is 0.385 e. The molecule has 1 atom stereocenters. The molecule has 3 N–H and O–H groups in total. The van der Waals surface area contributed by atoms with E-state index in [1.807, 2.05) is 11.7 Å². The van der Waals surface area contributed by atoms with Gasteiger partial charge in [-0.3, -0.25) is 4.68 Å². The Morgan fingerprint density at radius 1 is 1.71 bits per heavy atom. The van der Waals surface area contributed by atoms with Gasteiger partial charge in [0.25, 0.3) is 0 Å². The average Bonchev–Trinajstić information content (AvgIpc) is 2.50. The number of nitrogens with two attached hydrogens (primary N) is 1. The summed E-state index contributed by atoms with van der Waals surface area (Å²) in [5.41, 5.74) is 6.94. The smallest absolute Gasteiger partial charge is 0.0941 e. The second-order valence-electron chi connectivity index (χ2n) is 4.05. The molecule has 1 unspecified atom stereocenters. The first-order chi connectivity index (χ1) is 6.67. The molecule has 0 fully saturated rings. The highest BCUT2D eigenvalue weighted by molar-refractivity contribution is 5.28. The number of aliphatic hydroxyl groups is 1. The zero-order valence-electron chi connectivity index (χ0n) is 8.53. The Balaban J connectivity index is 2.40. The Kier molecular flexibility index (Phi) is 2.33. The van der Waals surface area contributed by atoms with Gasteiger partial charge >= 0.3 is 0 Å². The lowest BCUT2D eigenvalue weighted by atomic mass is 9.80. The van der Waals surface area contributed by atoms with Gasteiger partial charge in [0.05, 0.1) is 11.8 Å². The molecule has 2 rings (SSSR count). The molecule has 1 aromatic rings. The van der Waals surface area contributed by atoms with Crippen molar-refractivity contribution in [1.82, 2.24) is 9.78 Å². The molecular weight excluding hydrogens is 178 g/mol. The second-order valence-corrected chi connectivity index (χ2v) is 4.05. The van der Waals surface area contributed by atoms with Crippen molar-refractivity contribution in [3.8, 4) is 0 Å². The molecule has 4 heteroatoms. The lowest BCUT2D eigenvalue weighted by Crippen LogP contribution is -2.32. The summed E-state index contributed by atoms with van der Waals surface area (Å²) >= 11 is 0. The van der Waals surface area contributed by atoms with Crippen LogP contribution in [0.2, 0.25) is 0 Å². The fourth-order valence-corrected chi connectivity index (χ4v) is 2.33. The highest BCUT2D eigenvalue weighted by Gasteiger charge is 2.35. The first-order valence-electron chi connectivity index (χ1n) is 5.11. The van der Waals surface area contributed by atoms with Crippen molar-refractivity contribution in [1.29, 1.82) is 0 Å². The lowest BCUT2D eigenvalue weighted by Gasteiger charge is -2.31. The predicted octanol–water partition coefficient (Wildman–Crippen LogP) is 0.293. The summed E-state index contributed by atoms with van der Waals surface area (Å²) in [6, 6.07) is 0. The van der Waals surface area contributed by atoms with Gasteiger partial charge in [0, 0.05) is 18.3 Å². The van der Waals surface area contributed by atoms with Crippen LogP contribution in [0.5, 0.6) is 0 Å². The summed E-state index contributed by atoms with van der Waals surface area (Å²) in [6.07, 6.45) is 5.25. The van der Waals surface area contributed by atoms with E-state index in [-0.39, 0.29) is 0 Å². The molecule has 78 valence electrons. The third kappa shape index (κ3) is 1.35. The molecule has 4 nitrogen and oxygen atoms in total. The molecule has 0 saturated heterocycles. The van der Waals surface area contributed by atoms with Crippen LogP contribution in [-0.2, 0) is 19.1 Å². The molecule has 1 aromatic heterocycles. The van der Waals surface area contributed by atoms with Crippen LogP contribution >= 0.6 is 0 Å². The van der Waals surface area contributed by atoms with Crippen LogP contribution in [-0.4, -0.2) is 21.4 Å². The average molecular weight is 195 g/mol. The van der Waals surface area contributed by atoms with Gasteiger partial charge in [0.15, 0.2) is 0 Å². The number of hydrogen-bond acceptors (Lipinski definition) is 3.